The molecule has 4 heteroatoms. The zero-order chi connectivity index (χ0) is 11.3. The van der Waals surface area contributed by atoms with Crippen molar-refractivity contribution in [1.82, 2.24) is 5.32 Å². The lowest BCUT2D eigenvalue weighted by molar-refractivity contribution is -0.114. The fraction of sp³-hybridized carbons (Fsp3) is 0.364. The summed E-state index contributed by atoms with van der Waals surface area (Å²) in [6.45, 7) is 4.10. The second-order valence-electron chi connectivity index (χ2n) is 3.21. The van der Waals surface area contributed by atoms with Gasteiger partial charge in [-0.15, -0.1) is 17.8 Å². The van der Waals surface area contributed by atoms with E-state index in [4.69, 9.17) is 6.42 Å². The molecule has 1 aromatic rings. The van der Waals surface area contributed by atoms with E-state index in [0.717, 1.165) is 10.6 Å². The summed E-state index contributed by atoms with van der Waals surface area (Å²) in [4.78, 5) is 12.0. The number of rotatable bonds is 4. The third kappa shape index (κ3) is 3.74. The van der Waals surface area contributed by atoms with E-state index in [1.807, 2.05) is 18.4 Å². The van der Waals surface area contributed by atoms with Gasteiger partial charge in [0.05, 0.1) is 11.7 Å². The van der Waals surface area contributed by atoms with Crippen molar-refractivity contribution < 1.29 is 4.79 Å². The van der Waals surface area contributed by atoms with Crippen molar-refractivity contribution >= 4 is 22.9 Å². The first-order valence-corrected chi connectivity index (χ1v) is 5.55. The zero-order valence-electron chi connectivity index (χ0n) is 8.83. The van der Waals surface area contributed by atoms with Crippen LogP contribution in [0.2, 0.25) is 0 Å². The number of terminal acetylenes is 1. The monoisotopic (exact) mass is 222 g/mol. The SMILES string of the molecule is C#CC(C)NCc1sccc1NC(C)=O. The van der Waals surface area contributed by atoms with Crippen LogP contribution in [-0.2, 0) is 11.3 Å². The number of hydrogen-bond acceptors (Lipinski definition) is 3. The van der Waals surface area contributed by atoms with Gasteiger partial charge in [-0.05, 0) is 18.4 Å². The fourth-order valence-corrected chi connectivity index (χ4v) is 1.86. The highest BCUT2D eigenvalue weighted by atomic mass is 32.1. The van der Waals surface area contributed by atoms with Crippen molar-refractivity contribution in [1.29, 1.82) is 0 Å². The van der Waals surface area contributed by atoms with Crippen LogP contribution >= 0.6 is 11.3 Å². The lowest BCUT2D eigenvalue weighted by atomic mass is 10.3. The van der Waals surface area contributed by atoms with Gasteiger partial charge < -0.3 is 5.32 Å². The predicted octanol–water partition coefficient (Wildman–Crippen LogP) is 1.82. The molecule has 3 nitrogen and oxygen atoms in total. The average Bonchev–Trinajstić information content (AvgIpc) is 2.61. The Morgan fingerprint density at radius 1 is 1.73 bits per heavy atom. The minimum absolute atomic E-state index is 0.0391. The topological polar surface area (TPSA) is 41.1 Å². The van der Waals surface area contributed by atoms with Crippen LogP contribution in [0.25, 0.3) is 0 Å². The van der Waals surface area contributed by atoms with Crippen LogP contribution in [0.5, 0.6) is 0 Å². The molecule has 0 fully saturated rings. The largest absolute Gasteiger partial charge is 0.325 e. The minimum Gasteiger partial charge on any atom is -0.325 e. The van der Waals surface area contributed by atoms with E-state index >= 15 is 0 Å². The quantitative estimate of drug-likeness (QED) is 0.763. The number of hydrogen-bond donors (Lipinski definition) is 2. The Hall–Kier alpha value is -1.31. The van der Waals surface area contributed by atoms with E-state index in [-0.39, 0.29) is 11.9 Å². The molecule has 0 aliphatic carbocycles. The van der Waals surface area contributed by atoms with Gasteiger partial charge in [0.2, 0.25) is 5.91 Å². The Balaban J connectivity index is 2.58. The van der Waals surface area contributed by atoms with Gasteiger partial charge in [0.1, 0.15) is 0 Å². The van der Waals surface area contributed by atoms with Crippen LogP contribution in [0, 0.1) is 12.3 Å². The minimum atomic E-state index is -0.0559. The Morgan fingerprint density at radius 3 is 3.07 bits per heavy atom. The van der Waals surface area contributed by atoms with Crippen LogP contribution < -0.4 is 10.6 Å². The van der Waals surface area contributed by atoms with Gasteiger partial charge in [-0.25, -0.2) is 0 Å². The molecule has 1 rings (SSSR count). The van der Waals surface area contributed by atoms with Gasteiger partial charge in [-0.1, -0.05) is 5.92 Å². The van der Waals surface area contributed by atoms with Gasteiger partial charge in [0.15, 0.2) is 0 Å². The highest BCUT2D eigenvalue weighted by molar-refractivity contribution is 7.10. The molecule has 15 heavy (non-hydrogen) atoms. The second kappa shape index (κ2) is 5.54. The summed E-state index contributed by atoms with van der Waals surface area (Å²) in [5, 5.41) is 7.89. The fourth-order valence-electron chi connectivity index (χ4n) is 1.08. The maximum absolute atomic E-state index is 10.9. The van der Waals surface area contributed by atoms with Crippen LogP contribution in [0.3, 0.4) is 0 Å². The normalized spacial score (nSPS) is 11.8. The maximum atomic E-state index is 10.9. The Bertz CT molecular complexity index is 378. The van der Waals surface area contributed by atoms with Gasteiger partial charge in [0, 0.05) is 18.3 Å². The van der Waals surface area contributed by atoms with Crippen molar-refractivity contribution in [3.8, 4) is 12.3 Å². The standard InChI is InChI=1S/C11H14N2OS/c1-4-8(2)12-7-11-10(5-6-15-11)13-9(3)14/h1,5-6,8,12H,7H2,2-3H3,(H,13,14). The molecule has 0 aromatic carbocycles. The molecule has 2 N–H and O–H groups in total. The van der Waals surface area contributed by atoms with E-state index in [2.05, 4.69) is 16.6 Å². The van der Waals surface area contributed by atoms with Crippen LogP contribution in [-0.4, -0.2) is 11.9 Å². The average molecular weight is 222 g/mol. The van der Waals surface area contributed by atoms with E-state index in [9.17, 15) is 4.79 Å². The predicted molar refractivity (Wildman–Crippen MR) is 63.8 cm³/mol. The van der Waals surface area contributed by atoms with Crippen molar-refractivity contribution in [2.75, 3.05) is 5.32 Å². The first kappa shape index (κ1) is 11.8. The lowest BCUT2D eigenvalue weighted by Crippen LogP contribution is -2.23. The first-order valence-electron chi connectivity index (χ1n) is 4.67. The Kier molecular flexibility index (Phi) is 4.35. The molecule has 0 saturated carbocycles. The van der Waals surface area contributed by atoms with Gasteiger partial charge in [-0.2, -0.15) is 0 Å². The molecule has 1 amide bonds. The lowest BCUT2D eigenvalue weighted by Gasteiger charge is -2.08. The number of amides is 1. The summed E-state index contributed by atoms with van der Waals surface area (Å²) in [5.41, 5.74) is 0.865. The van der Waals surface area contributed by atoms with Crippen LogP contribution in [0.1, 0.15) is 18.7 Å². The molecule has 0 bridgehead atoms. The molecular formula is C11H14N2OS. The molecule has 0 aliphatic rings. The summed E-state index contributed by atoms with van der Waals surface area (Å²) >= 11 is 1.60. The molecule has 1 aromatic heterocycles. The van der Waals surface area contributed by atoms with E-state index < -0.39 is 0 Å². The van der Waals surface area contributed by atoms with Gasteiger partial charge >= 0.3 is 0 Å². The second-order valence-corrected chi connectivity index (χ2v) is 4.21. The van der Waals surface area contributed by atoms with E-state index in [0.29, 0.717) is 6.54 Å². The molecule has 0 aliphatic heterocycles. The Labute approximate surface area is 93.9 Å². The third-order valence-corrected chi connectivity index (χ3v) is 2.80. The number of carbonyl (C=O) groups excluding carboxylic acids is 1. The van der Waals surface area contributed by atoms with Crippen LogP contribution in [0.4, 0.5) is 5.69 Å². The Morgan fingerprint density at radius 2 is 2.47 bits per heavy atom. The molecule has 1 unspecified atom stereocenters. The summed E-state index contributed by atoms with van der Waals surface area (Å²) < 4.78 is 0. The van der Waals surface area contributed by atoms with Gasteiger partial charge in [-0.3, -0.25) is 10.1 Å². The van der Waals surface area contributed by atoms with E-state index in [1.54, 1.807) is 11.3 Å². The maximum Gasteiger partial charge on any atom is 0.221 e. The van der Waals surface area contributed by atoms with Crippen molar-refractivity contribution in [3.05, 3.63) is 16.3 Å². The number of anilines is 1. The smallest absolute Gasteiger partial charge is 0.221 e. The number of nitrogens with one attached hydrogen (secondary N) is 2. The van der Waals surface area contributed by atoms with E-state index in [1.165, 1.54) is 6.92 Å². The molecule has 1 heterocycles. The molecule has 0 spiro atoms. The molecular weight excluding hydrogens is 208 g/mol. The first-order chi connectivity index (χ1) is 7.13. The highest BCUT2D eigenvalue weighted by Gasteiger charge is 2.06. The van der Waals surface area contributed by atoms with Crippen LogP contribution in [0.15, 0.2) is 11.4 Å². The zero-order valence-corrected chi connectivity index (χ0v) is 9.65. The van der Waals surface area contributed by atoms with Crippen molar-refractivity contribution in [3.63, 3.8) is 0 Å². The number of carbonyl (C=O) groups is 1. The third-order valence-electron chi connectivity index (χ3n) is 1.87. The summed E-state index contributed by atoms with van der Waals surface area (Å²) in [7, 11) is 0. The summed E-state index contributed by atoms with van der Waals surface area (Å²) in [6.07, 6.45) is 5.25. The molecule has 0 radical (unpaired) electrons. The number of thiophene rings is 1. The molecule has 80 valence electrons. The summed E-state index contributed by atoms with van der Waals surface area (Å²) in [6, 6.07) is 1.93. The van der Waals surface area contributed by atoms with Gasteiger partial charge in [0.25, 0.3) is 0 Å². The summed E-state index contributed by atoms with van der Waals surface area (Å²) in [5.74, 6) is 2.54. The molecule has 0 saturated heterocycles. The van der Waals surface area contributed by atoms with Crippen molar-refractivity contribution in [2.45, 2.75) is 26.4 Å². The molecule has 1 atom stereocenters. The highest BCUT2D eigenvalue weighted by Crippen LogP contribution is 2.21. The van der Waals surface area contributed by atoms with Crippen molar-refractivity contribution in [2.24, 2.45) is 0 Å².